The van der Waals surface area contributed by atoms with Gasteiger partial charge in [-0.1, -0.05) is 0 Å². The minimum absolute atomic E-state index is 0.0820. The molecule has 1 rings (SSSR count). The van der Waals surface area contributed by atoms with Gasteiger partial charge >= 0.3 is 0 Å². The largest absolute Gasteiger partial charge is 0.388 e. The van der Waals surface area contributed by atoms with Gasteiger partial charge in [0.25, 0.3) is 0 Å². The topological polar surface area (TPSA) is 38.7 Å². The van der Waals surface area contributed by atoms with Crippen LogP contribution in [0.4, 0.5) is 0 Å². The Morgan fingerprint density at radius 1 is 1.24 bits per heavy atom. The molecule has 0 amide bonds. The van der Waals surface area contributed by atoms with Crippen LogP contribution in [0.2, 0.25) is 0 Å². The summed E-state index contributed by atoms with van der Waals surface area (Å²) in [4.78, 5) is 4.59. The third-order valence-electron chi connectivity index (χ3n) is 3.21. The van der Waals surface area contributed by atoms with Crippen LogP contribution in [0.3, 0.4) is 0 Å². The van der Waals surface area contributed by atoms with Gasteiger partial charge in [0, 0.05) is 25.2 Å². The van der Waals surface area contributed by atoms with Crippen molar-refractivity contribution in [1.82, 2.24) is 15.1 Å². The number of nitrogens with zero attached hydrogens (tertiary/aromatic N) is 2. The Kier molecular flexibility index (Phi) is 4.95. The molecule has 0 aromatic carbocycles. The second-order valence-electron chi connectivity index (χ2n) is 6.60. The average Bonchev–Trinajstić information content (AvgIpc) is 2.22. The predicted molar refractivity (Wildman–Crippen MR) is 72.3 cm³/mol. The highest BCUT2D eigenvalue weighted by Crippen LogP contribution is 2.16. The molecular formula is C13H29N3O. The summed E-state index contributed by atoms with van der Waals surface area (Å²) in [5, 5.41) is 13.7. The Labute approximate surface area is 106 Å². The first-order valence-electron chi connectivity index (χ1n) is 6.55. The van der Waals surface area contributed by atoms with Gasteiger partial charge in [0.2, 0.25) is 0 Å². The lowest BCUT2D eigenvalue weighted by atomic mass is 10.1. The lowest BCUT2D eigenvalue weighted by Crippen LogP contribution is -2.47. The molecule has 1 saturated heterocycles. The Morgan fingerprint density at radius 3 is 2.47 bits per heavy atom. The van der Waals surface area contributed by atoms with Crippen LogP contribution in [-0.2, 0) is 0 Å². The summed E-state index contributed by atoms with van der Waals surface area (Å²) >= 11 is 0. The summed E-state index contributed by atoms with van der Waals surface area (Å²) in [5.41, 5.74) is -0.537. The van der Waals surface area contributed by atoms with Crippen LogP contribution in [0.25, 0.3) is 0 Å². The van der Waals surface area contributed by atoms with Crippen LogP contribution in [0.15, 0.2) is 0 Å². The fourth-order valence-electron chi connectivity index (χ4n) is 2.41. The molecule has 1 atom stereocenters. The zero-order chi connectivity index (χ0) is 13.1. The van der Waals surface area contributed by atoms with Crippen molar-refractivity contribution in [1.29, 1.82) is 0 Å². The summed E-state index contributed by atoms with van der Waals surface area (Å²) in [6.07, 6.45) is 1.15. The molecule has 102 valence electrons. The van der Waals surface area contributed by atoms with Crippen LogP contribution in [0.5, 0.6) is 0 Å². The molecule has 1 fully saturated rings. The Hall–Kier alpha value is -0.160. The monoisotopic (exact) mass is 243 g/mol. The fourth-order valence-corrected chi connectivity index (χ4v) is 2.41. The van der Waals surface area contributed by atoms with E-state index in [1.54, 1.807) is 0 Å². The molecule has 0 aliphatic carbocycles. The maximum atomic E-state index is 10.3. The van der Waals surface area contributed by atoms with E-state index in [0.717, 1.165) is 32.6 Å². The first kappa shape index (κ1) is 14.9. The van der Waals surface area contributed by atoms with Crippen molar-refractivity contribution >= 4 is 0 Å². The van der Waals surface area contributed by atoms with Gasteiger partial charge in [-0.25, -0.2) is 0 Å². The highest BCUT2D eigenvalue weighted by Gasteiger charge is 2.33. The van der Waals surface area contributed by atoms with Gasteiger partial charge in [0.05, 0.1) is 5.60 Å². The Bertz CT molecular complexity index is 221. The molecule has 0 saturated carbocycles. The molecule has 0 aromatic rings. The average molecular weight is 243 g/mol. The smallest absolute Gasteiger partial charge is 0.0869 e. The zero-order valence-electron chi connectivity index (χ0n) is 12.1. The number of hydrogen-bond donors (Lipinski definition) is 2. The maximum Gasteiger partial charge on any atom is 0.0869 e. The number of β-amino-alcohol motifs (C(OH)–C–C–N with tert-alkyl or cyclic N) is 1. The standard InChI is InChI=1S/C13H29N3O/c1-12(2)10-16(8-6-7-15(4)5)11-13(3,17)9-14-12/h14,17H,6-11H2,1-5H3. The number of nitrogens with one attached hydrogen (secondary N) is 1. The molecule has 1 aliphatic heterocycles. The lowest BCUT2D eigenvalue weighted by molar-refractivity contribution is 0.0335. The SMILES string of the molecule is CN(C)CCCN1CC(C)(O)CNC(C)(C)C1. The summed E-state index contributed by atoms with van der Waals surface area (Å²) in [6.45, 7) is 10.9. The van der Waals surface area contributed by atoms with E-state index >= 15 is 0 Å². The first-order chi connectivity index (χ1) is 7.70. The van der Waals surface area contributed by atoms with Crippen LogP contribution in [-0.4, -0.2) is 72.9 Å². The fraction of sp³-hybridized carbons (Fsp3) is 1.00. The zero-order valence-corrected chi connectivity index (χ0v) is 12.1. The molecule has 0 bridgehead atoms. The van der Waals surface area contributed by atoms with Crippen molar-refractivity contribution in [3.8, 4) is 0 Å². The molecule has 0 aromatic heterocycles. The van der Waals surface area contributed by atoms with Crippen LogP contribution >= 0.6 is 0 Å². The Morgan fingerprint density at radius 2 is 1.88 bits per heavy atom. The van der Waals surface area contributed by atoms with E-state index in [1.165, 1.54) is 0 Å². The van der Waals surface area contributed by atoms with Gasteiger partial charge in [-0.3, -0.25) is 4.90 Å². The van der Waals surface area contributed by atoms with Crippen LogP contribution in [0.1, 0.15) is 27.2 Å². The lowest BCUT2D eigenvalue weighted by Gasteiger charge is -2.30. The summed E-state index contributed by atoms with van der Waals surface area (Å²) in [7, 11) is 4.20. The molecule has 4 nitrogen and oxygen atoms in total. The maximum absolute atomic E-state index is 10.3. The van der Waals surface area contributed by atoms with Crippen LogP contribution < -0.4 is 5.32 Å². The van der Waals surface area contributed by atoms with Gasteiger partial charge in [-0.15, -0.1) is 0 Å². The molecule has 1 unspecified atom stereocenters. The normalized spacial score (nSPS) is 30.5. The molecule has 4 heteroatoms. The van der Waals surface area contributed by atoms with Crippen molar-refractivity contribution < 1.29 is 5.11 Å². The predicted octanol–water partition coefficient (Wildman–Crippen LogP) is 0.373. The summed E-state index contributed by atoms with van der Waals surface area (Å²) in [6, 6.07) is 0. The van der Waals surface area contributed by atoms with E-state index < -0.39 is 5.60 Å². The second kappa shape index (κ2) is 5.65. The van der Waals surface area contributed by atoms with Crippen molar-refractivity contribution in [2.45, 2.75) is 38.3 Å². The van der Waals surface area contributed by atoms with E-state index in [1.807, 2.05) is 6.92 Å². The van der Waals surface area contributed by atoms with Gasteiger partial charge in [-0.2, -0.15) is 0 Å². The van der Waals surface area contributed by atoms with E-state index in [4.69, 9.17) is 0 Å². The molecule has 1 heterocycles. The van der Waals surface area contributed by atoms with Crippen molar-refractivity contribution in [3.05, 3.63) is 0 Å². The van der Waals surface area contributed by atoms with Crippen molar-refractivity contribution in [3.63, 3.8) is 0 Å². The van der Waals surface area contributed by atoms with Crippen molar-refractivity contribution in [2.24, 2.45) is 0 Å². The van der Waals surface area contributed by atoms with Gasteiger partial charge < -0.3 is 15.3 Å². The van der Waals surface area contributed by atoms with Gasteiger partial charge in [0.1, 0.15) is 0 Å². The van der Waals surface area contributed by atoms with Crippen molar-refractivity contribution in [2.75, 3.05) is 46.8 Å². The molecule has 1 aliphatic rings. The molecule has 17 heavy (non-hydrogen) atoms. The third kappa shape index (κ3) is 5.82. The number of rotatable bonds is 4. The van der Waals surface area contributed by atoms with E-state index in [0.29, 0.717) is 6.54 Å². The third-order valence-corrected chi connectivity index (χ3v) is 3.21. The minimum atomic E-state index is -0.619. The highest BCUT2D eigenvalue weighted by atomic mass is 16.3. The van der Waals surface area contributed by atoms with E-state index in [2.05, 4.69) is 43.1 Å². The highest BCUT2D eigenvalue weighted by molar-refractivity contribution is 4.92. The quantitative estimate of drug-likeness (QED) is 0.748. The first-order valence-corrected chi connectivity index (χ1v) is 6.55. The summed E-state index contributed by atoms with van der Waals surface area (Å²) in [5.74, 6) is 0. The van der Waals surface area contributed by atoms with E-state index in [-0.39, 0.29) is 5.54 Å². The minimum Gasteiger partial charge on any atom is -0.388 e. The van der Waals surface area contributed by atoms with E-state index in [9.17, 15) is 5.11 Å². The molecule has 0 spiro atoms. The van der Waals surface area contributed by atoms with Gasteiger partial charge in [0.15, 0.2) is 0 Å². The number of hydrogen-bond acceptors (Lipinski definition) is 4. The number of aliphatic hydroxyl groups is 1. The van der Waals surface area contributed by atoms with Crippen LogP contribution in [0, 0.1) is 0 Å². The van der Waals surface area contributed by atoms with Gasteiger partial charge in [-0.05, 0) is 54.4 Å². The Balaban J connectivity index is 2.50. The second-order valence-corrected chi connectivity index (χ2v) is 6.60. The summed E-state index contributed by atoms with van der Waals surface area (Å²) < 4.78 is 0. The molecule has 0 radical (unpaired) electrons. The molecule has 2 N–H and O–H groups in total. The molecular weight excluding hydrogens is 214 g/mol.